The Hall–Kier alpha value is -1.35. The number of hydrogen-bond donors (Lipinski definition) is 0. The molecule has 0 atom stereocenters. The second-order valence-corrected chi connectivity index (χ2v) is 10.6. The molecule has 0 fully saturated rings. The van der Waals surface area contributed by atoms with Crippen LogP contribution in [0.5, 0.6) is 0 Å². The molecule has 0 saturated carbocycles. The van der Waals surface area contributed by atoms with Gasteiger partial charge in [-0.15, -0.1) is 0 Å². The maximum absolute atomic E-state index is 5.97. The van der Waals surface area contributed by atoms with Crippen molar-refractivity contribution in [1.29, 1.82) is 0 Å². The Kier molecular flexibility index (Phi) is 4.51. The van der Waals surface area contributed by atoms with Gasteiger partial charge in [-0.25, -0.2) is 4.99 Å². The Morgan fingerprint density at radius 1 is 1.22 bits per heavy atom. The first-order chi connectivity index (χ1) is 8.22. The molecule has 1 aromatic carbocycles. The normalized spacial score (nSPS) is 12.7. The molecule has 0 aliphatic rings. The van der Waals surface area contributed by atoms with Crippen LogP contribution in [0.25, 0.3) is 0 Å². The minimum Gasteiger partial charge on any atom is -0.531 e. The number of rotatable bonds is 4. The van der Waals surface area contributed by atoms with Crippen molar-refractivity contribution in [3.63, 3.8) is 0 Å². The zero-order valence-electron chi connectivity index (χ0n) is 12.0. The second-order valence-electron chi connectivity index (χ2n) is 5.92. The summed E-state index contributed by atoms with van der Waals surface area (Å²) in [7, 11) is -1.82. The van der Waals surface area contributed by atoms with Crippen molar-refractivity contribution in [2.24, 2.45) is 4.99 Å². The monoisotopic (exact) mass is 261 g/mol. The van der Waals surface area contributed by atoms with E-state index < -0.39 is 8.32 Å². The van der Waals surface area contributed by atoms with Crippen molar-refractivity contribution >= 4 is 14.5 Å². The van der Waals surface area contributed by atoms with Gasteiger partial charge in [0.2, 0.25) is 0 Å². The summed E-state index contributed by atoms with van der Waals surface area (Å²) in [6.07, 6.45) is 1.79. The van der Waals surface area contributed by atoms with E-state index in [1.165, 1.54) is 0 Å². The lowest BCUT2D eigenvalue weighted by molar-refractivity contribution is 0.383. The van der Waals surface area contributed by atoms with Crippen LogP contribution < -0.4 is 0 Å². The van der Waals surface area contributed by atoms with Crippen molar-refractivity contribution in [1.82, 2.24) is 0 Å². The highest BCUT2D eigenvalue weighted by Crippen LogP contribution is 2.37. The van der Waals surface area contributed by atoms with Crippen LogP contribution in [0.4, 0.5) is 0 Å². The Morgan fingerprint density at radius 2 is 1.78 bits per heavy atom. The molecule has 0 N–H and O–H groups in total. The SMILES string of the molecule is C=C(/N=C/c1ccccc1)O[Si](C)(C)C(C)(C)C. The maximum atomic E-state index is 5.97. The van der Waals surface area contributed by atoms with E-state index in [0.29, 0.717) is 5.88 Å². The van der Waals surface area contributed by atoms with Gasteiger partial charge in [-0.2, -0.15) is 0 Å². The molecule has 2 nitrogen and oxygen atoms in total. The third-order valence-electron chi connectivity index (χ3n) is 3.34. The zero-order chi connectivity index (χ0) is 13.8. The summed E-state index contributed by atoms with van der Waals surface area (Å²) in [5.74, 6) is 0.505. The summed E-state index contributed by atoms with van der Waals surface area (Å²) in [6, 6.07) is 9.96. The van der Waals surface area contributed by atoms with Gasteiger partial charge in [0.05, 0.1) is 0 Å². The van der Waals surface area contributed by atoms with Gasteiger partial charge in [0.1, 0.15) is 0 Å². The van der Waals surface area contributed by atoms with Crippen LogP contribution in [0.15, 0.2) is 47.8 Å². The molecule has 0 radical (unpaired) electrons. The quantitative estimate of drug-likeness (QED) is 0.441. The fraction of sp³-hybridized carbons (Fsp3) is 0.400. The van der Waals surface area contributed by atoms with Gasteiger partial charge < -0.3 is 4.43 Å². The topological polar surface area (TPSA) is 21.6 Å². The van der Waals surface area contributed by atoms with Gasteiger partial charge in [0, 0.05) is 6.21 Å². The molecule has 0 aliphatic carbocycles. The van der Waals surface area contributed by atoms with Crippen LogP contribution >= 0.6 is 0 Å². The van der Waals surface area contributed by atoms with Gasteiger partial charge in [0.15, 0.2) is 5.88 Å². The fourth-order valence-corrected chi connectivity index (χ4v) is 2.11. The van der Waals surface area contributed by atoms with Crippen LogP contribution in [0, 0.1) is 0 Å². The van der Waals surface area contributed by atoms with Gasteiger partial charge >= 0.3 is 0 Å². The number of hydrogen-bond acceptors (Lipinski definition) is 2. The summed E-state index contributed by atoms with van der Waals surface area (Å²) in [4.78, 5) is 4.29. The predicted molar refractivity (Wildman–Crippen MR) is 81.5 cm³/mol. The van der Waals surface area contributed by atoms with Crippen LogP contribution in [-0.4, -0.2) is 14.5 Å². The van der Waals surface area contributed by atoms with Crippen molar-refractivity contribution in [3.8, 4) is 0 Å². The number of aliphatic imine (C=N–C) groups is 1. The molecule has 18 heavy (non-hydrogen) atoms. The standard InChI is InChI=1S/C15H23NOSi/c1-13(17-18(5,6)15(2,3)4)16-12-14-10-8-7-9-11-14/h7-12H,1H2,2-6H3/b16-12+. The smallest absolute Gasteiger partial charge is 0.252 e. The Morgan fingerprint density at radius 3 is 2.28 bits per heavy atom. The highest BCUT2D eigenvalue weighted by Gasteiger charge is 2.39. The van der Waals surface area contributed by atoms with Crippen molar-refractivity contribution in [2.45, 2.75) is 38.9 Å². The molecule has 0 aromatic heterocycles. The highest BCUT2D eigenvalue weighted by molar-refractivity contribution is 6.74. The fourth-order valence-electron chi connectivity index (χ4n) is 1.16. The van der Waals surface area contributed by atoms with Crippen LogP contribution in [-0.2, 0) is 4.43 Å². The zero-order valence-corrected chi connectivity index (χ0v) is 13.0. The minimum absolute atomic E-state index is 0.165. The molecule has 1 rings (SSSR count). The Balaban J connectivity index is 2.66. The van der Waals surface area contributed by atoms with E-state index in [1.54, 1.807) is 6.21 Å². The van der Waals surface area contributed by atoms with Gasteiger partial charge in [-0.05, 0) is 30.3 Å². The molecule has 0 aliphatic heterocycles. The second kappa shape index (κ2) is 5.53. The third-order valence-corrected chi connectivity index (χ3v) is 7.69. The molecule has 0 amide bonds. The summed E-state index contributed by atoms with van der Waals surface area (Å²) >= 11 is 0. The highest BCUT2D eigenvalue weighted by atomic mass is 28.4. The molecule has 0 spiro atoms. The van der Waals surface area contributed by atoms with E-state index in [-0.39, 0.29) is 5.04 Å². The van der Waals surface area contributed by atoms with Crippen molar-refractivity contribution < 1.29 is 4.43 Å². The summed E-state index contributed by atoms with van der Waals surface area (Å²) in [5, 5.41) is 0.165. The average Bonchev–Trinajstić information content (AvgIpc) is 2.26. The van der Waals surface area contributed by atoms with E-state index in [9.17, 15) is 0 Å². The van der Waals surface area contributed by atoms with Crippen molar-refractivity contribution in [2.75, 3.05) is 0 Å². The Labute approximate surface area is 112 Å². The lowest BCUT2D eigenvalue weighted by atomic mass is 10.2. The first-order valence-corrected chi connectivity index (χ1v) is 9.10. The van der Waals surface area contributed by atoms with Crippen molar-refractivity contribution in [3.05, 3.63) is 48.4 Å². The van der Waals surface area contributed by atoms with Gasteiger partial charge in [-0.3, -0.25) is 0 Å². The van der Waals surface area contributed by atoms with Crippen LogP contribution in [0.3, 0.4) is 0 Å². The van der Waals surface area contributed by atoms with Crippen LogP contribution in [0.2, 0.25) is 18.1 Å². The molecule has 98 valence electrons. The van der Waals surface area contributed by atoms with Gasteiger partial charge in [-0.1, -0.05) is 51.1 Å². The molecule has 0 saturated heterocycles. The van der Waals surface area contributed by atoms with E-state index in [2.05, 4.69) is 45.4 Å². The molecule has 0 heterocycles. The third kappa shape index (κ3) is 4.15. The molecule has 0 bridgehead atoms. The Bertz CT molecular complexity index is 430. The van der Waals surface area contributed by atoms with E-state index in [4.69, 9.17) is 4.43 Å². The van der Waals surface area contributed by atoms with E-state index in [1.807, 2.05) is 30.3 Å². The first-order valence-electron chi connectivity index (χ1n) is 6.19. The molecular weight excluding hydrogens is 238 g/mol. The van der Waals surface area contributed by atoms with E-state index in [0.717, 1.165) is 5.56 Å². The van der Waals surface area contributed by atoms with E-state index >= 15 is 0 Å². The number of nitrogens with zero attached hydrogens (tertiary/aromatic N) is 1. The van der Waals surface area contributed by atoms with Crippen LogP contribution in [0.1, 0.15) is 26.3 Å². The average molecular weight is 261 g/mol. The lowest BCUT2D eigenvalue weighted by Gasteiger charge is -2.36. The predicted octanol–water partition coefficient (Wildman–Crippen LogP) is 4.60. The number of benzene rings is 1. The molecular formula is C15H23NOSi. The largest absolute Gasteiger partial charge is 0.531 e. The van der Waals surface area contributed by atoms with Gasteiger partial charge in [0.25, 0.3) is 8.32 Å². The molecule has 0 unspecified atom stereocenters. The lowest BCUT2D eigenvalue weighted by Crippen LogP contribution is -2.40. The minimum atomic E-state index is -1.82. The summed E-state index contributed by atoms with van der Waals surface area (Å²) in [5.41, 5.74) is 1.05. The summed E-state index contributed by atoms with van der Waals surface area (Å²) in [6.45, 7) is 14.9. The summed E-state index contributed by atoms with van der Waals surface area (Å²) < 4.78 is 5.97. The molecule has 1 aromatic rings. The maximum Gasteiger partial charge on any atom is 0.252 e. The first kappa shape index (κ1) is 14.7. The molecule has 3 heteroatoms.